The molecule has 0 saturated heterocycles. The standard InChI is InChI=1S/Ca.Fe.Mg.Na.H4O4Si.H2O.5H/c;;;;1-5(2,3)4;;;;;;/h;;;;1-4H;1H2;;;;;/q+2;;+2;+1;;;5*-1. The Balaban J connectivity index is -0.00000000178. The first-order chi connectivity index (χ1) is 2.00. The van der Waals surface area contributed by atoms with E-state index in [1.807, 2.05) is 0 Å². The van der Waals surface area contributed by atoms with Gasteiger partial charge in [-0.2, -0.15) is 0 Å². The molecule has 10 heteroatoms. The molecule has 0 rings (SSSR count). The molecule has 0 radical (unpaired) electrons. The molecule has 58 valence electrons. The second-order valence-electron chi connectivity index (χ2n) is 0.600. The molecule has 0 unspecified atom stereocenters. The zero-order valence-corrected chi connectivity index (χ0v) is 13.3. The molecule has 0 amide bonds. The van der Waals surface area contributed by atoms with Gasteiger partial charge in [0, 0.05) is 17.1 Å². The van der Waals surface area contributed by atoms with Crippen LogP contribution in [0.2, 0.25) is 0 Å². The largest absolute Gasteiger partial charge is 2.00 e. The molecule has 5 nitrogen and oxygen atoms in total. The molecule has 0 aliphatic rings. The van der Waals surface area contributed by atoms with Gasteiger partial charge in [-0.05, 0) is 0 Å². The molecule has 0 spiro atoms. The average molecular weight is 262 g/mol. The van der Waals surface area contributed by atoms with Crippen LogP contribution in [0.3, 0.4) is 0 Å². The van der Waals surface area contributed by atoms with Gasteiger partial charge < -0.3 is 31.8 Å². The third-order valence-electron chi connectivity index (χ3n) is 0. The van der Waals surface area contributed by atoms with E-state index in [1.165, 1.54) is 0 Å². The summed E-state index contributed by atoms with van der Waals surface area (Å²) in [4.78, 5) is 29.3. The Labute approximate surface area is 146 Å². The number of rotatable bonds is 0. The molecule has 6 N–H and O–H groups in total. The van der Waals surface area contributed by atoms with Crippen LogP contribution in [0, 0.1) is 0 Å². The summed E-state index contributed by atoms with van der Waals surface area (Å²) < 4.78 is 0. The van der Waals surface area contributed by atoms with E-state index in [-0.39, 0.29) is 120 Å². The van der Waals surface area contributed by atoms with Gasteiger partial charge in [0.25, 0.3) is 0 Å². The van der Waals surface area contributed by atoms with Crippen molar-refractivity contribution in [3.63, 3.8) is 0 Å². The topological polar surface area (TPSA) is 112 Å². The normalized spacial score (nSPS) is 6.00. The summed E-state index contributed by atoms with van der Waals surface area (Å²) in [5, 5.41) is 0. The van der Waals surface area contributed by atoms with Crippen LogP contribution in [0.25, 0.3) is 0 Å². The Bertz CT molecular complexity index is 50.9. The van der Waals surface area contributed by atoms with Crippen LogP contribution in [-0.2, 0) is 17.1 Å². The van der Waals surface area contributed by atoms with Gasteiger partial charge in [0.2, 0.25) is 0 Å². The first kappa shape index (κ1) is 37.4. The van der Waals surface area contributed by atoms with Crippen molar-refractivity contribution >= 4 is 69.8 Å². The van der Waals surface area contributed by atoms with Crippen LogP contribution in [0.4, 0.5) is 0 Å². The van der Waals surface area contributed by atoms with E-state index in [1.54, 1.807) is 0 Å². The monoisotopic (exact) mass is 262 g/mol. The molecule has 0 fully saturated rings. The van der Waals surface area contributed by atoms with Gasteiger partial charge in [-0.25, -0.2) is 0 Å². The van der Waals surface area contributed by atoms with Gasteiger partial charge in [-0.1, -0.05) is 0 Å². The summed E-state index contributed by atoms with van der Waals surface area (Å²) in [5.74, 6) is 0. The van der Waals surface area contributed by atoms with Crippen LogP contribution in [-0.4, -0.2) is 94.5 Å². The van der Waals surface area contributed by atoms with Crippen LogP contribution >= 0.6 is 0 Å². The van der Waals surface area contributed by atoms with E-state index in [9.17, 15) is 0 Å². The van der Waals surface area contributed by atoms with E-state index in [0.717, 1.165) is 0 Å². The molecule has 0 bridgehead atoms. The van der Waals surface area contributed by atoms with Crippen molar-refractivity contribution < 1.29 is 78.4 Å². The second kappa shape index (κ2) is 18.4. The van der Waals surface area contributed by atoms with Crippen LogP contribution in [0.1, 0.15) is 7.13 Å². The Morgan fingerprint density at radius 1 is 1.00 bits per heavy atom. The molecule has 0 heterocycles. The third kappa shape index (κ3) is 102. The van der Waals surface area contributed by atoms with Crippen LogP contribution in [0.15, 0.2) is 0 Å². The Hall–Kier alpha value is 3.56. The van der Waals surface area contributed by atoms with Crippen molar-refractivity contribution in [1.29, 1.82) is 0 Å². The molecular formula is H11CaFeMgNaO5Si. The average Bonchev–Trinajstić information content (AvgIpc) is 0.722. The van der Waals surface area contributed by atoms with Gasteiger partial charge in [-0.3, -0.25) is 0 Å². The minimum absolute atomic E-state index is 0. The summed E-state index contributed by atoms with van der Waals surface area (Å²) in [6, 6.07) is 0. The summed E-state index contributed by atoms with van der Waals surface area (Å²) in [7, 11) is -4.61. The smallest absolute Gasteiger partial charge is 1.00 e. The summed E-state index contributed by atoms with van der Waals surface area (Å²) in [5.41, 5.74) is 0. The molecular weight excluding hydrogens is 251 g/mol. The van der Waals surface area contributed by atoms with Crippen molar-refractivity contribution in [2.45, 2.75) is 0 Å². The van der Waals surface area contributed by atoms with Crippen molar-refractivity contribution in [2.75, 3.05) is 0 Å². The van der Waals surface area contributed by atoms with E-state index >= 15 is 0 Å². The molecule has 10 heavy (non-hydrogen) atoms. The molecule has 0 aliphatic carbocycles. The molecule has 0 saturated carbocycles. The zero-order chi connectivity index (χ0) is 4.50. The van der Waals surface area contributed by atoms with E-state index < -0.39 is 9.05 Å². The first-order valence-corrected chi connectivity index (χ1v) is 2.68. The van der Waals surface area contributed by atoms with Crippen molar-refractivity contribution in [1.82, 2.24) is 0 Å². The van der Waals surface area contributed by atoms with Gasteiger partial charge in [0.15, 0.2) is 0 Å². The maximum absolute atomic E-state index is 7.33. The summed E-state index contributed by atoms with van der Waals surface area (Å²) in [6.07, 6.45) is 0. The molecule has 0 atom stereocenters. The van der Waals surface area contributed by atoms with Gasteiger partial charge >= 0.3 is 99.4 Å². The molecule has 0 aromatic heterocycles. The Morgan fingerprint density at radius 3 is 1.00 bits per heavy atom. The van der Waals surface area contributed by atoms with Gasteiger partial charge in [0.05, 0.1) is 0 Å². The van der Waals surface area contributed by atoms with Gasteiger partial charge in [0.1, 0.15) is 0 Å². The Kier molecular flexibility index (Phi) is 68.7. The SMILES string of the molecule is O.O[Si](O)(O)O.[Ca+2].[Fe].[H-].[H-].[H-].[H-].[H-].[Mg+2].[Na+]. The van der Waals surface area contributed by atoms with E-state index in [2.05, 4.69) is 0 Å². The van der Waals surface area contributed by atoms with Crippen molar-refractivity contribution in [3.05, 3.63) is 0 Å². The maximum Gasteiger partial charge on any atom is 2.00 e. The summed E-state index contributed by atoms with van der Waals surface area (Å²) in [6.45, 7) is 0. The predicted octanol–water partition coefficient (Wildman–Crippen LogP) is -6.63. The van der Waals surface area contributed by atoms with Crippen LogP contribution in [0.5, 0.6) is 0 Å². The fourth-order valence-corrected chi connectivity index (χ4v) is 0. The Morgan fingerprint density at radius 2 is 1.00 bits per heavy atom. The molecule has 0 aromatic rings. The zero-order valence-electron chi connectivity index (χ0n) is 10.6. The molecule has 0 aromatic carbocycles. The fourth-order valence-electron chi connectivity index (χ4n) is 0. The van der Waals surface area contributed by atoms with E-state index in [0.29, 0.717) is 0 Å². The minimum atomic E-state index is -4.61. The van der Waals surface area contributed by atoms with Gasteiger partial charge in [-0.15, -0.1) is 0 Å². The van der Waals surface area contributed by atoms with Crippen LogP contribution < -0.4 is 29.6 Å². The number of hydrogen-bond donors (Lipinski definition) is 4. The van der Waals surface area contributed by atoms with Crippen molar-refractivity contribution in [2.24, 2.45) is 0 Å². The fraction of sp³-hybridized carbons (Fsp3) is 0. The van der Waals surface area contributed by atoms with E-state index in [4.69, 9.17) is 19.2 Å². The third-order valence-corrected chi connectivity index (χ3v) is 0. The maximum atomic E-state index is 7.33. The summed E-state index contributed by atoms with van der Waals surface area (Å²) >= 11 is 0. The minimum Gasteiger partial charge on any atom is -1.00 e. The number of hydrogen-bond acceptors (Lipinski definition) is 4. The van der Waals surface area contributed by atoms with Crippen molar-refractivity contribution in [3.8, 4) is 0 Å². The quantitative estimate of drug-likeness (QED) is 0.325. The second-order valence-corrected chi connectivity index (χ2v) is 1.80. The predicted molar refractivity (Wildman–Crippen MR) is 35.3 cm³/mol. The first-order valence-electron chi connectivity index (χ1n) is 0.894. The molecule has 0 aliphatic heterocycles.